The van der Waals surface area contributed by atoms with Crippen molar-refractivity contribution in [2.24, 2.45) is 7.05 Å². The fourth-order valence-electron chi connectivity index (χ4n) is 3.13. The van der Waals surface area contributed by atoms with Gasteiger partial charge in [0.15, 0.2) is 0 Å². The number of nitrogens with zero attached hydrogens (tertiary/aromatic N) is 3. The molecular formula is C24H22N4O5. The van der Waals surface area contributed by atoms with Gasteiger partial charge in [-0.2, -0.15) is 5.10 Å². The first-order chi connectivity index (χ1) is 15.9. The van der Waals surface area contributed by atoms with Gasteiger partial charge < -0.3 is 19.3 Å². The first kappa shape index (κ1) is 21.8. The number of aromatic nitrogens is 3. The van der Waals surface area contributed by atoms with Crippen LogP contribution in [0.5, 0.6) is 11.5 Å². The lowest BCUT2D eigenvalue weighted by molar-refractivity contribution is 0.0729. The maximum Gasteiger partial charge on any atom is 0.347 e. The van der Waals surface area contributed by atoms with Crippen molar-refractivity contribution in [1.29, 1.82) is 0 Å². The molecule has 0 aliphatic rings. The van der Waals surface area contributed by atoms with Crippen LogP contribution in [0.4, 0.5) is 5.69 Å². The van der Waals surface area contributed by atoms with Gasteiger partial charge in [-0.05, 0) is 50.2 Å². The van der Waals surface area contributed by atoms with Gasteiger partial charge in [0, 0.05) is 18.9 Å². The van der Waals surface area contributed by atoms with Gasteiger partial charge in [0.1, 0.15) is 29.4 Å². The average molecular weight is 446 g/mol. The molecule has 1 N–H and O–H groups in total. The summed E-state index contributed by atoms with van der Waals surface area (Å²) in [4.78, 5) is 25.0. The van der Waals surface area contributed by atoms with Crippen LogP contribution < -0.4 is 14.8 Å². The molecule has 0 radical (unpaired) electrons. The molecule has 1 amide bonds. The maximum atomic E-state index is 12.8. The van der Waals surface area contributed by atoms with Gasteiger partial charge in [-0.1, -0.05) is 17.3 Å². The van der Waals surface area contributed by atoms with Crippen LogP contribution in [0.25, 0.3) is 0 Å². The highest BCUT2D eigenvalue weighted by molar-refractivity contribution is 6.04. The highest BCUT2D eigenvalue weighted by Gasteiger charge is 2.17. The van der Waals surface area contributed by atoms with E-state index in [1.54, 1.807) is 66.5 Å². The van der Waals surface area contributed by atoms with Crippen LogP contribution in [0.15, 0.2) is 65.4 Å². The Morgan fingerprint density at radius 1 is 1.09 bits per heavy atom. The van der Waals surface area contributed by atoms with E-state index in [-0.39, 0.29) is 12.5 Å². The predicted molar refractivity (Wildman–Crippen MR) is 119 cm³/mol. The van der Waals surface area contributed by atoms with Crippen molar-refractivity contribution >= 4 is 17.6 Å². The molecule has 2 aromatic carbocycles. The Kier molecular flexibility index (Phi) is 6.21. The normalized spacial score (nSPS) is 10.6. The van der Waals surface area contributed by atoms with E-state index in [0.717, 1.165) is 11.3 Å². The molecule has 0 bridgehead atoms. The second-order valence-electron chi connectivity index (χ2n) is 7.36. The zero-order valence-electron chi connectivity index (χ0n) is 18.4. The van der Waals surface area contributed by atoms with Crippen LogP contribution >= 0.6 is 0 Å². The summed E-state index contributed by atoms with van der Waals surface area (Å²) in [6.45, 7) is 3.86. The van der Waals surface area contributed by atoms with Crippen LogP contribution in [-0.4, -0.2) is 26.8 Å². The van der Waals surface area contributed by atoms with Gasteiger partial charge in [0.05, 0.1) is 23.0 Å². The van der Waals surface area contributed by atoms with Crippen LogP contribution in [0.3, 0.4) is 0 Å². The van der Waals surface area contributed by atoms with Gasteiger partial charge in [0.2, 0.25) is 0 Å². The fraction of sp³-hybridized carbons (Fsp3) is 0.167. The van der Waals surface area contributed by atoms with E-state index < -0.39 is 5.97 Å². The Morgan fingerprint density at radius 2 is 1.85 bits per heavy atom. The summed E-state index contributed by atoms with van der Waals surface area (Å²) in [5.74, 6) is 0.555. The van der Waals surface area contributed by atoms with Crippen molar-refractivity contribution in [3.05, 3.63) is 89.1 Å². The minimum atomic E-state index is -0.559. The maximum absolute atomic E-state index is 12.8. The number of anilines is 1. The van der Waals surface area contributed by atoms with Gasteiger partial charge in [0.25, 0.3) is 5.91 Å². The van der Waals surface area contributed by atoms with Crippen LogP contribution in [0, 0.1) is 13.8 Å². The first-order valence-corrected chi connectivity index (χ1v) is 10.2. The first-order valence-electron chi connectivity index (χ1n) is 10.2. The van der Waals surface area contributed by atoms with E-state index >= 15 is 0 Å². The van der Waals surface area contributed by atoms with Crippen molar-refractivity contribution in [1.82, 2.24) is 14.9 Å². The molecule has 4 aromatic rings. The number of rotatable bonds is 7. The molecule has 0 fully saturated rings. The summed E-state index contributed by atoms with van der Waals surface area (Å²) in [5, 5.41) is 10.7. The molecule has 4 rings (SSSR count). The van der Waals surface area contributed by atoms with Gasteiger partial charge in [-0.3, -0.25) is 9.48 Å². The number of amides is 1. The topological polar surface area (TPSA) is 108 Å². The standard InChI is InChI=1S/C24H22N4O5/c1-15-21(16(2)33-27-15)14-31-22-7-5-4-6-20(22)24(30)32-19-10-8-18(9-11-19)26-23(29)17-12-25-28(3)13-17/h4-13H,14H2,1-3H3,(H,26,29). The highest BCUT2D eigenvalue weighted by atomic mass is 16.5. The highest BCUT2D eigenvalue weighted by Crippen LogP contribution is 2.24. The Balaban J connectivity index is 1.40. The van der Waals surface area contributed by atoms with Crippen molar-refractivity contribution in [2.75, 3.05) is 5.32 Å². The van der Waals surface area contributed by atoms with E-state index in [2.05, 4.69) is 15.6 Å². The van der Waals surface area contributed by atoms with Gasteiger partial charge in [-0.15, -0.1) is 0 Å². The number of ether oxygens (including phenoxy) is 2. The zero-order valence-corrected chi connectivity index (χ0v) is 18.4. The number of aryl methyl sites for hydroxylation is 3. The third kappa shape index (κ3) is 5.09. The molecule has 0 saturated carbocycles. The summed E-state index contributed by atoms with van der Waals surface area (Å²) >= 11 is 0. The van der Waals surface area contributed by atoms with Crippen LogP contribution in [0.2, 0.25) is 0 Å². The monoisotopic (exact) mass is 446 g/mol. The largest absolute Gasteiger partial charge is 0.488 e. The molecule has 2 aromatic heterocycles. The molecule has 9 nitrogen and oxygen atoms in total. The SMILES string of the molecule is Cc1noc(C)c1COc1ccccc1C(=O)Oc1ccc(NC(=O)c2cnn(C)c2)cc1. The molecular weight excluding hydrogens is 424 g/mol. The number of para-hydroxylation sites is 1. The number of nitrogens with one attached hydrogen (secondary N) is 1. The zero-order chi connectivity index (χ0) is 23.4. The number of hydrogen-bond donors (Lipinski definition) is 1. The average Bonchev–Trinajstić information content (AvgIpc) is 3.39. The molecule has 0 atom stereocenters. The van der Waals surface area contributed by atoms with Gasteiger partial charge in [-0.25, -0.2) is 4.79 Å². The lowest BCUT2D eigenvalue weighted by atomic mass is 10.2. The van der Waals surface area contributed by atoms with Crippen molar-refractivity contribution in [3.63, 3.8) is 0 Å². The Morgan fingerprint density at radius 3 is 2.52 bits per heavy atom. The third-order valence-corrected chi connectivity index (χ3v) is 4.95. The van der Waals surface area contributed by atoms with Crippen molar-refractivity contribution < 1.29 is 23.6 Å². The molecule has 0 aliphatic heterocycles. The smallest absolute Gasteiger partial charge is 0.347 e. The molecule has 33 heavy (non-hydrogen) atoms. The van der Waals surface area contributed by atoms with Crippen molar-refractivity contribution in [2.45, 2.75) is 20.5 Å². The molecule has 2 heterocycles. The molecule has 0 spiro atoms. The third-order valence-electron chi connectivity index (χ3n) is 4.95. The van der Waals surface area contributed by atoms with Crippen molar-refractivity contribution in [3.8, 4) is 11.5 Å². The number of esters is 1. The quantitative estimate of drug-likeness (QED) is 0.337. The van der Waals surface area contributed by atoms with Crippen LogP contribution in [-0.2, 0) is 13.7 Å². The molecule has 0 aliphatic carbocycles. The summed E-state index contributed by atoms with van der Waals surface area (Å²) in [5.41, 5.74) is 2.87. The lowest BCUT2D eigenvalue weighted by Gasteiger charge is -2.11. The lowest BCUT2D eigenvalue weighted by Crippen LogP contribution is -2.12. The van der Waals surface area contributed by atoms with E-state index in [1.165, 1.54) is 6.20 Å². The number of carbonyl (C=O) groups excluding carboxylic acids is 2. The van der Waals surface area contributed by atoms with E-state index in [1.807, 2.05) is 13.8 Å². The minimum absolute atomic E-state index is 0.219. The second-order valence-corrected chi connectivity index (χ2v) is 7.36. The number of hydrogen-bond acceptors (Lipinski definition) is 7. The summed E-state index contributed by atoms with van der Waals surface area (Å²) < 4.78 is 18.0. The minimum Gasteiger partial charge on any atom is -0.488 e. The summed E-state index contributed by atoms with van der Waals surface area (Å²) in [6, 6.07) is 13.3. The molecule has 168 valence electrons. The molecule has 0 unspecified atom stereocenters. The van der Waals surface area contributed by atoms with E-state index in [9.17, 15) is 9.59 Å². The number of benzene rings is 2. The second kappa shape index (κ2) is 9.39. The van der Waals surface area contributed by atoms with E-state index in [0.29, 0.717) is 34.1 Å². The van der Waals surface area contributed by atoms with E-state index in [4.69, 9.17) is 14.0 Å². The van der Waals surface area contributed by atoms with Gasteiger partial charge >= 0.3 is 5.97 Å². The molecule has 9 heteroatoms. The summed E-state index contributed by atoms with van der Waals surface area (Å²) in [7, 11) is 1.74. The Hall–Kier alpha value is -4.40. The molecule has 0 saturated heterocycles. The number of carbonyl (C=O) groups is 2. The Labute approximate surface area is 189 Å². The Bertz CT molecular complexity index is 1270. The van der Waals surface area contributed by atoms with Crippen LogP contribution in [0.1, 0.15) is 37.7 Å². The predicted octanol–water partition coefficient (Wildman–Crippen LogP) is 4.08. The fourth-order valence-corrected chi connectivity index (χ4v) is 3.13. The summed E-state index contributed by atoms with van der Waals surface area (Å²) in [6.07, 6.45) is 3.10.